The van der Waals surface area contributed by atoms with Gasteiger partial charge in [0.05, 0.1) is 18.2 Å². The van der Waals surface area contributed by atoms with Crippen molar-refractivity contribution in [3.05, 3.63) is 43.7 Å². The third-order valence-corrected chi connectivity index (χ3v) is 6.47. The summed E-state index contributed by atoms with van der Waals surface area (Å²) < 4.78 is 5.36. The van der Waals surface area contributed by atoms with Crippen molar-refractivity contribution >= 4 is 69.6 Å². The van der Waals surface area contributed by atoms with Crippen LogP contribution in [0.4, 0.5) is 0 Å². The molecule has 0 amide bonds. The van der Waals surface area contributed by atoms with E-state index in [0.29, 0.717) is 13.1 Å². The number of piperazine rings is 1. The van der Waals surface area contributed by atoms with Gasteiger partial charge in [0.25, 0.3) is 0 Å². The third kappa shape index (κ3) is 5.06. The van der Waals surface area contributed by atoms with Crippen molar-refractivity contribution in [1.29, 1.82) is 0 Å². The zero-order valence-corrected chi connectivity index (χ0v) is 21.2. The molecule has 1 aliphatic heterocycles. The van der Waals surface area contributed by atoms with Gasteiger partial charge in [0, 0.05) is 62.4 Å². The van der Waals surface area contributed by atoms with Gasteiger partial charge in [-0.2, -0.15) is 0 Å². The van der Waals surface area contributed by atoms with E-state index in [4.69, 9.17) is 0 Å². The van der Waals surface area contributed by atoms with Gasteiger partial charge < -0.3 is 39.8 Å². The molecule has 1 aliphatic rings. The van der Waals surface area contributed by atoms with Gasteiger partial charge in [0.2, 0.25) is 0 Å². The lowest BCUT2D eigenvalue weighted by Crippen LogP contribution is -3.00. The maximum absolute atomic E-state index is 10.8. The standard InChI is InChI=1S/C19H20Br3N3O.2ClH/c20-12-1-2-18-15(7-12)16-8-13(21)9-17(22)19(16)25(18)11-14(26)10-24-5-3-23-4-6-24;;/h1-2,7-9,14,23,26H,3-6,10-11H2;2*1H/p-2. The zero-order chi connectivity index (χ0) is 18.3. The van der Waals surface area contributed by atoms with Crippen molar-refractivity contribution < 1.29 is 29.9 Å². The average molecular weight is 617 g/mol. The molecule has 2 aromatic carbocycles. The van der Waals surface area contributed by atoms with E-state index >= 15 is 0 Å². The van der Waals surface area contributed by atoms with Crippen molar-refractivity contribution in [1.82, 2.24) is 14.8 Å². The quantitative estimate of drug-likeness (QED) is 0.370. The van der Waals surface area contributed by atoms with Crippen LogP contribution in [0.2, 0.25) is 0 Å². The lowest BCUT2D eigenvalue weighted by molar-refractivity contribution is -0.00100. The molecule has 1 fully saturated rings. The number of halogens is 5. The Bertz CT molecular complexity index is 961. The number of aromatic nitrogens is 1. The van der Waals surface area contributed by atoms with Crippen LogP contribution in [0.15, 0.2) is 43.7 Å². The summed E-state index contributed by atoms with van der Waals surface area (Å²) >= 11 is 10.9. The number of β-amino-alcohol motifs (C(OH)–C–C–N with tert-alkyl or cyclic N) is 1. The molecule has 2 heterocycles. The molecule has 1 aromatic heterocycles. The Morgan fingerprint density at radius 3 is 2.32 bits per heavy atom. The van der Waals surface area contributed by atoms with E-state index < -0.39 is 6.10 Å². The number of fused-ring (bicyclic) bond motifs is 3. The van der Waals surface area contributed by atoms with E-state index in [1.807, 2.05) is 0 Å². The van der Waals surface area contributed by atoms with E-state index in [1.165, 1.54) is 10.8 Å². The van der Waals surface area contributed by atoms with Crippen LogP contribution >= 0.6 is 47.8 Å². The first kappa shape index (κ1) is 24.4. The van der Waals surface area contributed by atoms with Crippen molar-refractivity contribution in [2.24, 2.45) is 0 Å². The highest BCUT2D eigenvalue weighted by Gasteiger charge is 2.19. The molecule has 1 atom stereocenters. The molecule has 2 N–H and O–H groups in total. The second kappa shape index (κ2) is 10.4. The first-order chi connectivity index (χ1) is 12.5. The fourth-order valence-corrected chi connectivity index (χ4v) is 5.58. The number of hydrogen-bond donors (Lipinski definition) is 2. The summed E-state index contributed by atoms with van der Waals surface area (Å²) in [6, 6.07) is 10.5. The molecule has 0 radical (unpaired) electrons. The highest BCUT2D eigenvalue weighted by Crippen LogP contribution is 2.37. The fourth-order valence-electron chi connectivity index (χ4n) is 3.78. The summed E-state index contributed by atoms with van der Waals surface area (Å²) in [6.45, 7) is 5.26. The van der Waals surface area contributed by atoms with E-state index in [2.05, 4.69) is 92.9 Å². The Hall–Kier alpha value is 0.140. The molecule has 4 nitrogen and oxygen atoms in total. The number of aliphatic hydroxyl groups is 1. The lowest BCUT2D eigenvalue weighted by Gasteiger charge is -2.29. The number of aliphatic hydroxyl groups excluding tert-OH is 1. The van der Waals surface area contributed by atoms with Crippen LogP contribution in [0.3, 0.4) is 0 Å². The minimum atomic E-state index is -0.411. The molecule has 0 spiro atoms. The number of nitrogens with one attached hydrogen (secondary N) is 1. The Labute approximate surface area is 202 Å². The first-order valence-electron chi connectivity index (χ1n) is 8.70. The predicted molar refractivity (Wildman–Crippen MR) is 118 cm³/mol. The first-order valence-corrected chi connectivity index (χ1v) is 11.1. The molecule has 0 aliphatic carbocycles. The Balaban J connectivity index is 0.00000140. The van der Waals surface area contributed by atoms with Crippen molar-refractivity contribution in [2.75, 3.05) is 32.7 Å². The molecule has 9 heteroatoms. The molecule has 1 unspecified atom stereocenters. The minimum Gasteiger partial charge on any atom is -1.00 e. The average Bonchev–Trinajstić information content (AvgIpc) is 2.89. The molecular weight excluding hydrogens is 597 g/mol. The van der Waals surface area contributed by atoms with Crippen molar-refractivity contribution in [3.63, 3.8) is 0 Å². The Morgan fingerprint density at radius 1 is 0.929 bits per heavy atom. The van der Waals surface area contributed by atoms with Gasteiger partial charge in [-0.3, -0.25) is 4.90 Å². The number of hydrogen-bond acceptors (Lipinski definition) is 3. The molecule has 0 bridgehead atoms. The highest BCUT2D eigenvalue weighted by molar-refractivity contribution is 9.11. The van der Waals surface area contributed by atoms with E-state index in [-0.39, 0.29) is 24.8 Å². The summed E-state index contributed by atoms with van der Waals surface area (Å²) in [4.78, 5) is 2.33. The van der Waals surface area contributed by atoms with E-state index in [9.17, 15) is 5.11 Å². The summed E-state index contributed by atoms with van der Waals surface area (Å²) in [6.07, 6.45) is -0.411. The van der Waals surface area contributed by atoms with Crippen LogP contribution in [0.1, 0.15) is 0 Å². The van der Waals surface area contributed by atoms with Gasteiger partial charge in [-0.15, -0.1) is 0 Å². The molecule has 28 heavy (non-hydrogen) atoms. The monoisotopic (exact) mass is 613 g/mol. The SMILES string of the molecule is OC(CN1CCNCC1)Cn1c2ccc(Br)cc2c2cc(Br)cc(Br)c21.[Cl-].[Cl-]. The summed E-state index contributed by atoms with van der Waals surface area (Å²) in [7, 11) is 0. The smallest absolute Gasteiger partial charge is 0.0845 e. The predicted octanol–water partition coefficient (Wildman–Crippen LogP) is -1.64. The highest BCUT2D eigenvalue weighted by atomic mass is 79.9. The van der Waals surface area contributed by atoms with Crippen LogP contribution < -0.4 is 30.1 Å². The maximum atomic E-state index is 10.8. The molecule has 4 rings (SSSR count). The van der Waals surface area contributed by atoms with Crippen LogP contribution in [0.25, 0.3) is 21.8 Å². The maximum Gasteiger partial charge on any atom is 0.0845 e. The molecule has 3 aromatic rings. The number of rotatable bonds is 4. The number of nitrogens with zero attached hydrogens (tertiary/aromatic N) is 2. The third-order valence-electron chi connectivity index (χ3n) is 4.91. The summed E-state index contributed by atoms with van der Waals surface area (Å²) in [5.74, 6) is 0. The van der Waals surface area contributed by atoms with Crippen LogP contribution in [-0.4, -0.2) is 53.4 Å². The zero-order valence-electron chi connectivity index (χ0n) is 14.9. The molecule has 154 valence electrons. The number of benzene rings is 2. The van der Waals surface area contributed by atoms with E-state index in [0.717, 1.165) is 50.6 Å². The van der Waals surface area contributed by atoms with Gasteiger partial charge in [-0.05, 0) is 46.3 Å². The van der Waals surface area contributed by atoms with Gasteiger partial charge in [-0.1, -0.05) is 31.9 Å². The summed E-state index contributed by atoms with van der Waals surface area (Å²) in [5.41, 5.74) is 2.27. The summed E-state index contributed by atoms with van der Waals surface area (Å²) in [5, 5.41) is 16.5. The van der Waals surface area contributed by atoms with Gasteiger partial charge in [0.1, 0.15) is 0 Å². The molecular formula is C19H20Br3Cl2N3O-2. The largest absolute Gasteiger partial charge is 1.00 e. The Kier molecular flexibility index (Phi) is 9.10. The fraction of sp³-hybridized carbons (Fsp3) is 0.368. The lowest BCUT2D eigenvalue weighted by atomic mass is 10.2. The van der Waals surface area contributed by atoms with Crippen LogP contribution in [-0.2, 0) is 6.54 Å². The van der Waals surface area contributed by atoms with Crippen LogP contribution in [0, 0.1) is 0 Å². The molecule has 0 saturated carbocycles. The second-order valence-corrected chi connectivity index (χ2v) is 9.45. The second-order valence-electron chi connectivity index (χ2n) is 6.76. The van der Waals surface area contributed by atoms with E-state index in [1.54, 1.807) is 0 Å². The molecule has 1 saturated heterocycles. The Morgan fingerprint density at radius 2 is 1.61 bits per heavy atom. The van der Waals surface area contributed by atoms with Gasteiger partial charge >= 0.3 is 0 Å². The van der Waals surface area contributed by atoms with Crippen LogP contribution in [0.5, 0.6) is 0 Å². The normalized spacial score (nSPS) is 16.0. The van der Waals surface area contributed by atoms with Gasteiger partial charge in [0.15, 0.2) is 0 Å². The van der Waals surface area contributed by atoms with Crippen molar-refractivity contribution in [3.8, 4) is 0 Å². The van der Waals surface area contributed by atoms with Crippen molar-refractivity contribution in [2.45, 2.75) is 12.6 Å². The van der Waals surface area contributed by atoms with Gasteiger partial charge in [-0.25, -0.2) is 0 Å². The topological polar surface area (TPSA) is 40.4 Å². The minimum absolute atomic E-state index is 0.